The van der Waals surface area contributed by atoms with Gasteiger partial charge in [-0.05, 0) is 12.1 Å². The van der Waals surface area contributed by atoms with Gasteiger partial charge in [-0.1, -0.05) is 11.6 Å². The van der Waals surface area contributed by atoms with Crippen molar-refractivity contribution in [1.82, 2.24) is 14.1 Å². The van der Waals surface area contributed by atoms with Crippen LogP contribution in [-0.4, -0.2) is 71.7 Å². The number of fused-ring (bicyclic) bond motifs is 1. The van der Waals surface area contributed by atoms with Crippen LogP contribution < -0.4 is 10.6 Å². The monoisotopic (exact) mass is 445 g/mol. The SMILES string of the molecule is Clc1ccc2nsnc2c1NC1=NCCN1.O=C(O)CC(O)(CC(=O)O)C(=O)O. The lowest BCUT2D eigenvalue weighted by atomic mass is 9.96. The Morgan fingerprint density at radius 1 is 1.17 bits per heavy atom. The average Bonchev–Trinajstić information content (AvgIpc) is 3.28. The number of aromatic nitrogens is 2. The molecule has 6 N–H and O–H groups in total. The van der Waals surface area contributed by atoms with Crippen molar-refractivity contribution < 1.29 is 34.8 Å². The molecule has 29 heavy (non-hydrogen) atoms. The molecule has 1 aliphatic heterocycles. The van der Waals surface area contributed by atoms with E-state index < -0.39 is 36.4 Å². The van der Waals surface area contributed by atoms with Crippen LogP contribution in [0.15, 0.2) is 17.1 Å². The van der Waals surface area contributed by atoms with Crippen LogP contribution in [0.5, 0.6) is 0 Å². The number of aliphatic imine (C=N–C) groups is 1. The Balaban J connectivity index is 0.000000213. The molecular formula is C15H16ClN5O7S. The Hall–Kier alpha value is -3.03. The van der Waals surface area contributed by atoms with E-state index in [1.807, 2.05) is 12.1 Å². The van der Waals surface area contributed by atoms with E-state index in [1.54, 1.807) is 0 Å². The fraction of sp³-hybridized carbons (Fsp3) is 0.333. The molecule has 0 saturated heterocycles. The van der Waals surface area contributed by atoms with Crippen molar-refractivity contribution in [2.24, 2.45) is 4.99 Å². The number of hydrogen-bond donors (Lipinski definition) is 6. The molecule has 14 heteroatoms. The highest BCUT2D eigenvalue weighted by Gasteiger charge is 2.40. The number of nitrogens with one attached hydrogen (secondary N) is 2. The minimum Gasteiger partial charge on any atom is -0.481 e. The van der Waals surface area contributed by atoms with Crippen LogP contribution in [0.2, 0.25) is 5.02 Å². The lowest BCUT2D eigenvalue weighted by molar-refractivity contribution is -0.170. The third kappa shape index (κ3) is 5.97. The zero-order chi connectivity index (χ0) is 21.6. The zero-order valence-electron chi connectivity index (χ0n) is 14.6. The molecule has 156 valence electrons. The largest absolute Gasteiger partial charge is 0.481 e. The summed E-state index contributed by atoms with van der Waals surface area (Å²) in [6.45, 7) is 1.64. The van der Waals surface area contributed by atoms with Gasteiger partial charge >= 0.3 is 17.9 Å². The van der Waals surface area contributed by atoms with Gasteiger partial charge in [0.1, 0.15) is 11.0 Å². The van der Waals surface area contributed by atoms with Gasteiger partial charge in [0.25, 0.3) is 0 Å². The van der Waals surface area contributed by atoms with Crippen molar-refractivity contribution in [1.29, 1.82) is 0 Å². The normalized spacial score (nSPS) is 13.1. The smallest absolute Gasteiger partial charge is 0.336 e. The van der Waals surface area contributed by atoms with Gasteiger partial charge in [-0.3, -0.25) is 14.6 Å². The van der Waals surface area contributed by atoms with Gasteiger partial charge in [0.05, 0.1) is 41.8 Å². The van der Waals surface area contributed by atoms with Crippen LogP contribution >= 0.6 is 23.3 Å². The summed E-state index contributed by atoms with van der Waals surface area (Å²) in [5.41, 5.74) is -0.344. The maximum atomic E-state index is 10.3. The van der Waals surface area contributed by atoms with E-state index in [-0.39, 0.29) is 0 Å². The molecule has 2 heterocycles. The third-order valence-corrected chi connectivity index (χ3v) is 4.44. The van der Waals surface area contributed by atoms with Crippen molar-refractivity contribution in [2.45, 2.75) is 18.4 Å². The fourth-order valence-electron chi connectivity index (χ4n) is 2.26. The first kappa shape index (κ1) is 22.3. The van der Waals surface area contributed by atoms with Crippen LogP contribution in [0.1, 0.15) is 12.8 Å². The molecule has 0 spiro atoms. The number of aliphatic carboxylic acids is 3. The highest BCUT2D eigenvalue weighted by molar-refractivity contribution is 7.00. The lowest BCUT2D eigenvalue weighted by Crippen LogP contribution is -2.42. The number of aliphatic hydroxyl groups is 1. The number of benzene rings is 1. The van der Waals surface area contributed by atoms with Crippen LogP contribution in [-0.2, 0) is 14.4 Å². The van der Waals surface area contributed by atoms with Crippen LogP contribution in [0.3, 0.4) is 0 Å². The Morgan fingerprint density at radius 2 is 1.83 bits per heavy atom. The van der Waals surface area contributed by atoms with Crippen LogP contribution in [0, 0.1) is 0 Å². The highest BCUT2D eigenvalue weighted by Crippen LogP contribution is 2.29. The van der Waals surface area contributed by atoms with Crippen LogP contribution in [0.4, 0.5) is 5.69 Å². The Labute approximate surface area is 172 Å². The summed E-state index contributed by atoms with van der Waals surface area (Å²) < 4.78 is 8.39. The second-order valence-electron chi connectivity index (χ2n) is 5.81. The van der Waals surface area contributed by atoms with Gasteiger partial charge < -0.3 is 31.1 Å². The first-order valence-electron chi connectivity index (χ1n) is 7.98. The van der Waals surface area contributed by atoms with Crippen molar-refractivity contribution in [2.75, 3.05) is 18.4 Å². The molecule has 0 saturated carbocycles. The van der Waals surface area contributed by atoms with Crippen molar-refractivity contribution >= 4 is 63.9 Å². The average molecular weight is 446 g/mol. The van der Waals surface area contributed by atoms with Crippen molar-refractivity contribution in [3.8, 4) is 0 Å². The second-order valence-corrected chi connectivity index (χ2v) is 6.75. The van der Waals surface area contributed by atoms with Gasteiger partial charge in [0, 0.05) is 6.54 Å². The quantitative estimate of drug-likeness (QED) is 0.361. The van der Waals surface area contributed by atoms with E-state index in [4.69, 9.17) is 32.0 Å². The van der Waals surface area contributed by atoms with E-state index in [0.29, 0.717) is 5.02 Å². The summed E-state index contributed by atoms with van der Waals surface area (Å²) >= 11 is 7.30. The topological polar surface area (TPSA) is 194 Å². The number of carboxylic acid groups (broad SMARTS) is 3. The molecule has 0 amide bonds. The minimum atomic E-state index is -2.74. The maximum Gasteiger partial charge on any atom is 0.336 e. The first-order valence-corrected chi connectivity index (χ1v) is 9.08. The van der Waals surface area contributed by atoms with Crippen molar-refractivity contribution in [3.05, 3.63) is 17.2 Å². The number of nitrogens with zero attached hydrogens (tertiary/aromatic N) is 3. The Kier molecular flexibility index (Phi) is 7.25. The molecule has 1 aromatic heterocycles. The molecule has 0 aliphatic carbocycles. The van der Waals surface area contributed by atoms with Crippen LogP contribution in [0.25, 0.3) is 11.0 Å². The lowest BCUT2D eigenvalue weighted by Gasteiger charge is -2.18. The molecule has 1 aliphatic rings. The zero-order valence-corrected chi connectivity index (χ0v) is 16.2. The third-order valence-electron chi connectivity index (χ3n) is 3.58. The predicted molar refractivity (Wildman–Crippen MR) is 103 cm³/mol. The van der Waals surface area contributed by atoms with E-state index in [2.05, 4.69) is 24.4 Å². The minimum absolute atomic E-state index is 0.622. The molecule has 3 rings (SSSR count). The summed E-state index contributed by atoms with van der Waals surface area (Å²) in [5, 5.41) is 40.7. The molecule has 0 fully saturated rings. The number of carbonyl (C=O) groups is 3. The van der Waals surface area contributed by atoms with E-state index >= 15 is 0 Å². The molecule has 12 nitrogen and oxygen atoms in total. The summed E-state index contributed by atoms with van der Waals surface area (Å²) in [4.78, 5) is 34.7. The Morgan fingerprint density at radius 3 is 2.34 bits per heavy atom. The predicted octanol–water partition coefficient (Wildman–Crippen LogP) is 0.467. The molecule has 0 atom stereocenters. The molecule has 0 bridgehead atoms. The number of anilines is 1. The fourth-order valence-corrected chi connectivity index (χ4v) is 3.00. The number of guanidine groups is 1. The second kappa shape index (κ2) is 9.45. The number of halogens is 1. The first-order chi connectivity index (χ1) is 13.6. The Bertz CT molecular complexity index is 948. The molecule has 2 aromatic rings. The molecule has 0 radical (unpaired) electrons. The number of carboxylic acids is 3. The summed E-state index contributed by atoms with van der Waals surface area (Å²) in [7, 11) is 0. The highest BCUT2D eigenvalue weighted by atomic mass is 35.5. The van der Waals surface area contributed by atoms with Gasteiger partial charge in [0.15, 0.2) is 11.6 Å². The van der Waals surface area contributed by atoms with Crippen molar-refractivity contribution in [3.63, 3.8) is 0 Å². The number of rotatable bonds is 6. The van der Waals surface area contributed by atoms with E-state index in [9.17, 15) is 14.4 Å². The molecular weight excluding hydrogens is 430 g/mol. The molecule has 0 unspecified atom stereocenters. The number of hydrogen-bond acceptors (Lipinski definition) is 10. The summed E-state index contributed by atoms with van der Waals surface area (Å²) in [6, 6.07) is 3.67. The van der Waals surface area contributed by atoms with Gasteiger partial charge in [-0.25, -0.2) is 4.79 Å². The van der Waals surface area contributed by atoms with Gasteiger partial charge in [-0.15, -0.1) is 0 Å². The van der Waals surface area contributed by atoms with Gasteiger partial charge in [0.2, 0.25) is 0 Å². The summed E-state index contributed by atoms with van der Waals surface area (Å²) in [5.74, 6) is -4.28. The van der Waals surface area contributed by atoms with E-state index in [0.717, 1.165) is 35.8 Å². The molecule has 1 aromatic carbocycles. The maximum absolute atomic E-state index is 10.3. The summed E-state index contributed by atoms with van der Waals surface area (Å²) in [6.07, 6.45) is -2.29. The van der Waals surface area contributed by atoms with Gasteiger partial charge in [-0.2, -0.15) is 8.75 Å². The standard InChI is InChI=1S/C9H8ClN5S.C6H8O7/c10-5-1-2-6-8(15-16-14-6)7(5)13-9-11-3-4-12-9;7-3(8)1-6(13,5(11)12)2-4(9)10/h1-2H,3-4H2,(H2,11,12,13);13H,1-2H2,(H,7,8)(H,9,10)(H,11,12). The van der Waals surface area contributed by atoms with E-state index in [1.165, 1.54) is 11.7 Å².